The van der Waals surface area contributed by atoms with Crippen LogP contribution in [0.25, 0.3) is 0 Å². The van der Waals surface area contributed by atoms with Gasteiger partial charge in [0.25, 0.3) is 0 Å². The summed E-state index contributed by atoms with van der Waals surface area (Å²) in [6.07, 6.45) is 0. The molecule has 2 unspecified atom stereocenters. The van der Waals surface area contributed by atoms with Crippen molar-refractivity contribution in [1.82, 2.24) is 0 Å². The molecule has 0 N–H and O–H groups in total. The monoisotopic (exact) mass is 355 g/mol. The summed E-state index contributed by atoms with van der Waals surface area (Å²) in [7, 11) is 3.92. The van der Waals surface area contributed by atoms with Crippen molar-refractivity contribution in [1.29, 1.82) is 0 Å². The van der Waals surface area contributed by atoms with Crippen molar-refractivity contribution in [3.8, 4) is 0 Å². The normalized spacial score (nSPS) is 13.5. The van der Waals surface area contributed by atoms with Crippen LogP contribution in [-0.4, -0.2) is 25.3 Å². The van der Waals surface area contributed by atoms with E-state index in [2.05, 4.69) is 0 Å². The summed E-state index contributed by atoms with van der Waals surface area (Å²) in [6, 6.07) is 14.3. The van der Waals surface area contributed by atoms with E-state index in [9.17, 15) is 4.79 Å². The molecule has 0 saturated carbocycles. The third-order valence-electron chi connectivity index (χ3n) is 3.36. The molecule has 0 saturated heterocycles. The zero-order valence-electron chi connectivity index (χ0n) is 12.3. The zero-order chi connectivity index (χ0) is 16.3. The zero-order valence-corrected chi connectivity index (χ0v) is 14.5. The minimum absolute atomic E-state index is 0.213. The smallest absolute Gasteiger partial charge is 0.182 e. The van der Waals surface area contributed by atoms with E-state index < -0.39 is 10.8 Å². The van der Waals surface area contributed by atoms with E-state index >= 15 is 0 Å². The molecule has 2 rings (SSSR count). The summed E-state index contributed by atoms with van der Waals surface area (Å²) >= 11 is 18.5. The van der Waals surface area contributed by atoms with Gasteiger partial charge in [0.1, 0.15) is 5.38 Å². The number of rotatable bonds is 5. The Labute approximate surface area is 145 Å². The Hall–Kier alpha value is -1.22. The summed E-state index contributed by atoms with van der Waals surface area (Å²) in [5.74, 6) is -0.213. The van der Waals surface area contributed by atoms with Gasteiger partial charge >= 0.3 is 0 Å². The van der Waals surface area contributed by atoms with E-state index in [0.29, 0.717) is 10.6 Å². The molecule has 0 aliphatic carbocycles. The Bertz CT molecular complexity index is 638. The number of halogens is 3. The number of benzene rings is 2. The molecule has 0 aromatic heterocycles. The van der Waals surface area contributed by atoms with Gasteiger partial charge in [-0.2, -0.15) is 0 Å². The highest BCUT2D eigenvalue weighted by atomic mass is 35.5. The number of carbonyl (C=O) groups excluding carboxylic acids is 1. The average Bonchev–Trinajstić information content (AvgIpc) is 2.53. The van der Waals surface area contributed by atoms with Gasteiger partial charge in [0.2, 0.25) is 0 Å². The highest BCUT2D eigenvalue weighted by Gasteiger charge is 2.26. The topological polar surface area (TPSA) is 20.3 Å². The summed E-state index contributed by atoms with van der Waals surface area (Å²) in [5.41, 5.74) is 2.37. The Kier molecular flexibility index (Phi) is 5.74. The number of ketones is 1. The van der Waals surface area contributed by atoms with Gasteiger partial charge in [-0.15, -0.1) is 23.2 Å². The maximum Gasteiger partial charge on any atom is 0.182 e. The van der Waals surface area contributed by atoms with Gasteiger partial charge in [0.05, 0.1) is 5.38 Å². The number of hydrogen-bond acceptors (Lipinski definition) is 2. The van der Waals surface area contributed by atoms with E-state index in [1.807, 2.05) is 43.3 Å². The number of hydrogen-bond donors (Lipinski definition) is 0. The minimum Gasteiger partial charge on any atom is -0.378 e. The van der Waals surface area contributed by atoms with Crippen LogP contribution in [0.1, 0.15) is 21.3 Å². The predicted molar refractivity (Wildman–Crippen MR) is 94.8 cm³/mol. The number of anilines is 1. The second kappa shape index (κ2) is 7.36. The summed E-state index contributed by atoms with van der Waals surface area (Å²) < 4.78 is 0. The average molecular weight is 357 g/mol. The fourth-order valence-electron chi connectivity index (χ4n) is 2.03. The Morgan fingerprint density at radius 3 is 2.00 bits per heavy atom. The van der Waals surface area contributed by atoms with Gasteiger partial charge in [0.15, 0.2) is 5.78 Å². The van der Waals surface area contributed by atoms with Crippen LogP contribution >= 0.6 is 34.8 Å². The third kappa shape index (κ3) is 3.95. The van der Waals surface area contributed by atoms with Crippen LogP contribution in [0, 0.1) is 0 Å². The lowest BCUT2D eigenvalue weighted by Gasteiger charge is -2.17. The van der Waals surface area contributed by atoms with Crippen LogP contribution in [0.2, 0.25) is 5.02 Å². The van der Waals surface area contributed by atoms with E-state index in [0.717, 1.165) is 11.3 Å². The maximum absolute atomic E-state index is 12.4. The van der Waals surface area contributed by atoms with Crippen molar-refractivity contribution in [3.05, 3.63) is 64.7 Å². The highest BCUT2D eigenvalue weighted by Crippen LogP contribution is 2.31. The fraction of sp³-hybridized carbons (Fsp3) is 0.235. The molecule has 2 aromatic rings. The fourth-order valence-corrected chi connectivity index (χ4v) is 2.69. The number of alkyl halides is 2. The summed E-state index contributed by atoms with van der Waals surface area (Å²) in [5, 5.41) is -0.863. The van der Waals surface area contributed by atoms with Gasteiger partial charge in [0, 0.05) is 30.4 Å². The van der Waals surface area contributed by atoms with Crippen LogP contribution < -0.4 is 4.90 Å². The lowest BCUT2D eigenvalue weighted by atomic mass is 10.0. The van der Waals surface area contributed by atoms with Gasteiger partial charge < -0.3 is 4.90 Å². The Morgan fingerprint density at radius 1 is 0.955 bits per heavy atom. The van der Waals surface area contributed by atoms with Gasteiger partial charge in [-0.05, 0) is 42.0 Å². The first-order valence-corrected chi connectivity index (χ1v) is 8.00. The first-order chi connectivity index (χ1) is 10.4. The van der Waals surface area contributed by atoms with Crippen LogP contribution in [0.5, 0.6) is 0 Å². The van der Waals surface area contributed by atoms with Gasteiger partial charge in [-0.3, -0.25) is 4.79 Å². The standard InChI is InChI=1S/C17H16Cl3NO/c1-21(2)14-9-5-11(6-10-14)15(19)16(20)17(22)12-3-7-13(18)8-4-12/h3-10,15-16H,1-2H3. The number of nitrogens with zero attached hydrogens (tertiary/aromatic N) is 1. The van der Waals surface area contributed by atoms with Crippen LogP contribution in [0.3, 0.4) is 0 Å². The molecular weight excluding hydrogens is 341 g/mol. The second-order valence-electron chi connectivity index (χ2n) is 5.16. The first-order valence-electron chi connectivity index (χ1n) is 6.75. The molecule has 2 atom stereocenters. The molecule has 0 amide bonds. The van der Waals surface area contributed by atoms with Crippen molar-refractivity contribution < 1.29 is 4.79 Å². The summed E-state index contributed by atoms with van der Waals surface area (Å²) in [6.45, 7) is 0. The van der Waals surface area contributed by atoms with Crippen LogP contribution in [-0.2, 0) is 0 Å². The molecule has 2 nitrogen and oxygen atoms in total. The van der Waals surface area contributed by atoms with E-state index in [-0.39, 0.29) is 5.78 Å². The molecule has 0 bridgehead atoms. The first kappa shape index (κ1) is 17.1. The Balaban J connectivity index is 2.15. The summed E-state index contributed by atoms with van der Waals surface area (Å²) in [4.78, 5) is 14.4. The van der Waals surface area contributed by atoms with Crippen molar-refractivity contribution in [2.45, 2.75) is 10.8 Å². The molecule has 22 heavy (non-hydrogen) atoms. The molecule has 0 radical (unpaired) electrons. The minimum atomic E-state index is -0.840. The molecular formula is C17H16Cl3NO. The van der Waals surface area contributed by atoms with Crippen LogP contribution in [0.15, 0.2) is 48.5 Å². The van der Waals surface area contributed by atoms with Crippen molar-refractivity contribution >= 4 is 46.3 Å². The molecule has 0 aliphatic heterocycles. The van der Waals surface area contributed by atoms with Crippen molar-refractivity contribution in [2.75, 3.05) is 19.0 Å². The molecule has 0 fully saturated rings. The number of Topliss-reactive ketones (excluding diaryl/α,β-unsaturated/α-hetero) is 1. The Morgan fingerprint density at radius 2 is 1.50 bits per heavy atom. The molecule has 0 spiro atoms. The van der Waals surface area contributed by atoms with Crippen molar-refractivity contribution in [2.24, 2.45) is 0 Å². The second-order valence-corrected chi connectivity index (χ2v) is 6.54. The lowest BCUT2D eigenvalue weighted by molar-refractivity contribution is 0.0985. The van der Waals surface area contributed by atoms with Crippen LogP contribution in [0.4, 0.5) is 5.69 Å². The van der Waals surface area contributed by atoms with E-state index in [4.69, 9.17) is 34.8 Å². The molecule has 0 aliphatic rings. The largest absolute Gasteiger partial charge is 0.378 e. The lowest BCUT2D eigenvalue weighted by Crippen LogP contribution is -2.20. The quantitative estimate of drug-likeness (QED) is 0.543. The van der Waals surface area contributed by atoms with Gasteiger partial charge in [-0.25, -0.2) is 0 Å². The number of carbonyl (C=O) groups is 1. The molecule has 0 heterocycles. The molecule has 116 valence electrons. The third-order valence-corrected chi connectivity index (χ3v) is 4.70. The highest BCUT2D eigenvalue weighted by molar-refractivity contribution is 6.39. The molecule has 2 aromatic carbocycles. The predicted octanol–water partition coefficient (Wildman–Crippen LogP) is 5.18. The van der Waals surface area contributed by atoms with Crippen molar-refractivity contribution in [3.63, 3.8) is 0 Å². The van der Waals surface area contributed by atoms with Gasteiger partial charge in [-0.1, -0.05) is 23.7 Å². The van der Waals surface area contributed by atoms with E-state index in [1.54, 1.807) is 24.3 Å². The maximum atomic E-state index is 12.4. The van der Waals surface area contributed by atoms with E-state index in [1.165, 1.54) is 0 Å². The molecule has 5 heteroatoms. The SMILES string of the molecule is CN(C)c1ccc(C(Cl)C(Cl)C(=O)c2ccc(Cl)cc2)cc1.